The minimum absolute atomic E-state index is 0.319. The highest BCUT2D eigenvalue weighted by atomic mass is 16.2. The molecule has 1 aliphatic carbocycles. The molecule has 1 atom stereocenters. The minimum Gasteiger partial charge on any atom is -0.368 e. The van der Waals surface area contributed by atoms with Gasteiger partial charge in [0.2, 0.25) is 5.91 Å². The first-order valence-electron chi connectivity index (χ1n) is 10.0. The van der Waals surface area contributed by atoms with Gasteiger partial charge >= 0.3 is 0 Å². The summed E-state index contributed by atoms with van der Waals surface area (Å²) >= 11 is 0. The first-order chi connectivity index (χ1) is 12.2. The number of piperazine rings is 1. The summed E-state index contributed by atoms with van der Waals surface area (Å²) in [5, 5.41) is 0. The van der Waals surface area contributed by atoms with Crippen LogP contribution in [0.25, 0.3) is 0 Å². The van der Waals surface area contributed by atoms with Crippen molar-refractivity contribution in [2.24, 2.45) is 11.3 Å². The Morgan fingerprint density at radius 3 is 2.36 bits per heavy atom. The molecule has 0 radical (unpaired) electrons. The zero-order chi connectivity index (χ0) is 17.3. The number of carbonyl (C=O) groups is 1. The van der Waals surface area contributed by atoms with Gasteiger partial charge in [-0.3, -0.25) is 4.79 Å². The Kier molecular flexibility index (Phi) is 4.72. The van der Waals surface area contributed by atoms with E-state index in [1.165, 1.54) is 44.6 Å². The highest BCUT2D eigenvalue weighted by molar-refractivity contribution is 5.83. The number of para-hydroxylation sites is 1. The molecule has 25 heavy (non-hydrogen) atoms. The van der Waals surface area contributed by atoms with Crippen LogP contribution in [-0.2, 0) is 4.79 Å². The fourth-order valence-electron chi connectivity index (χ4n) is 4.83. The SMILES string of the molecule is CCCN1CCC2(CC1)CC2C(=O)N1CCN(c2ccccc2)CC1. The number of nitrogens with zero attached hydrogens (tertiary/aromatic N) is 3. The molecular formula is C21H31N3O. The highest BCUT2D eigenvalue weighted by Crippen LogP contribution is 2.60. The number of hydrogen-bond donors (Lipinski definition) is 0. The van der Waals surface area contributed by atoms with Crippen molar-refractivity contribution >= 4 is 11.6 Å². The summed E-state index contributed by atoms with van der Waals surface area (Å²) in [6.45, 7) is 9.53. The van der Waals surface area contributed by atoms with Crippen LogP contribution in [0.15, 0.2) is 30.3 Å². The molecule has 3 fully saturated rings. The van der Waals surface area contributed by atoms with E-state index in [-0.39, 0.29) is 0 Å². The zero-order valence-electron chi connectivity index (χ0n) is 15.5. The summed E-state index contributed by atoms with van der Waals surface area (Å²) in [5.74, 6) is 0.760. The number of rotatable bonds is 4. The number of likely N-dealkylation sites (tertiary alicyclic amines) is 1. The van der Waals surface area contributed by atoms with Crippen molar-refractivity contribution in [3.05, 3.63) is 30.3 Å². The van der Waals surface area contributed by atoms with Gasteiger partial charge in [-0.05, 0) is 62.9 Å². The van der Waals surface area contributed by atoms with Gasteiger partial charge in [-0.2, -0.15) is 0 Å². The van der Waals surface area contributed by atoms with Gasteiger partial charge in [-0.1, -0.05) is 25.1 Å². The Balaban J connectivity index is 1.28. The molecule has 0 N–H and O–H groups in total. The van der Waals surface area contributed by atoms with Gasteiger partial charge in [0.15, 0.2) is 0 Å². The monoisotopic (exact) mass is 341 g/mol. The van der Waals surface area contributed by atoms with Crippen LogP contribution in [0.5, 0.6) is 0 Å². The Bertz CT molecular complexity index is 586. The van der Waals surface area contributed by atoms with Crippen LogP contribution in [-0.4, -0.2) is 61.5 Å². The normalized spacial score (nSPS) is 26.0. The Hall–Kier alpha value is -1.55. The predicted molar refractivity (Wildman–Crippen MR) is 102 cm³/mol. The van der Waals surface area contributed by atoms with Crippen LogP contribution in [0.3, 0.4) is 0 Å². The smallest absolute Gasteiger partial charge is 0.226 e. The lowest BCUT2D eigenvalue weighted by Crippen LogP contribution is -2.50. The van der Waals surface area contributed by atoms with Crippen molar-refractivity contribution in [2.75, 3.05) is 50.7 Å². The molecule has 1 saturated carbocycles. The Morgan fingerprint density at radius 2 is 1.72 bits per heavy atom. The molecule has 0 aromatic heterocycles. The second kappa shape index (κ2) is 6.99. The minimum atomic E-state index is 0.319. The van der Waals surface area contributed by atoms with Gasteiger partial charge in [-0.15, -0.1) is 0 Å². The average Bonchev–Trinajstić information content (AvgIpc) is 3.38. The number of piperidine rings is 1. The van der Waals surface area contributed by atoms with Gasteiger partial charge in [-0.25, -0.2) is 0 Å². The summed E-state index contributed by atoms with van der Waals surface area (Å²) in [7, 11) is 0. The molecule has 4 nitrogen and oxygen atoms in total. The van der Waals surface area contributed by atoms with Crippen molar-refractivity contribution in [2.45, 2.75) is 32.6 Å². The average molecular weight is 341 g/mol. The summed E-state index contributed by atoms with van der Waals surface area (Å²) in [6, 6.07) is 10.6. The van der Waals surface area contributed by atoms with Gasteiger partial charge in [0, 0.05) is 37.8 Å². The third-order valence-electron chi connectivity index (χ3n) is 6.59. The van der Waals surface area contributed by atoms with Crippen LogP contribution in [0.1, 0.15) is 32.6 Å². The van der Waals surface area contributed by atoms with Crippen molar-refractivity contribution < 1.29 is 4.79 Å². The Morgan fingerprint density at radius 1 is 1.04 bits per heavy atom. The largest absolute Gasteiger partial charge is 0.368 e. The summed E-state index contributed by atoms with van der Waals surface area (Å²) < 4.78 is 0. The van der Waals surface area contributed by atoms with Crippen LogP contribution in [0.2, 0.25) is 0 Å². The number of benzene rings is 1. The summed E-state index contributed by atoms with van der Waals surface area (Å²) in [5.41, 5.74) is 1.64. The quantitative estimate of drug-likeness (QED) is 0.842. The number of carbonyl (C=O) groups excluding carboxylic acids is 1. The molecule has 3 aliphatic rings. The third kappa shape index (κ3) is 3.41. The lowest BCUT2D eigenvalue weighted by atomic mass is 9.90. The molecule has 2 heterocycles. The van der Waals surface area contributed by atoms with Crippen LogP contribution in [0, 0.1) is 11.3 Å². The van der Waals surface area contributed by atoms with E-state index < -0.39 is 0 Å². The molecule has 1 aromatic carbocycles. The van der Waals surface area contributed by atoms with Gasteiger partial charge in [0.1, 0.15) is 0 Å². The number of hydrogen-bond acceptors (Lipinski definition) is 3. The first kappa shape index (κ1) is 16.9. The van der Waals surface area contributed by atoms with E-state index in [9.17, 15) is 4.79 Å². The molecule has 2 aliphatic heterocycles. The van der Waals surface area contributed by atoms with Crippen molar-refractivity contribution in [3.63, 3.8) is 0 Å². The van der Waals surface area contributed by atoms with E-state index in [2.05, 4.69) is 52.0 Å². The van der Waals surface area contributed by atoms with E-state index >= 15 is 0 Å². The molecule has 1 amide bonds. The van der Waals surface area contributed by atoms with Crippen LogP contribution in [0.4, 0.5) is 5.69 Å². The lowest BCUT2D eigenvalue weighted by molar-refractivity contribution is -0.134. The third-order valence-corrected chi connectivity index (χ3v) is 6.59. The predicted octanol–water partition coefficient (Wildman–Crippen LogP) is 2.85. The summed E-state index contributed by atoms with van der Waals surface area (Å²) in [6.07, 6.45) is 4.84. The lowest BCUT2D eigenvalue weighted by Gasteiger charge is -2.37. The number of amides is 1. The number of anilines is 1. The van der Waals surface area contributed by atoms with E-state index in [0.29, 0.717) is 17.2 Å². The van der Waals surface area contributed by atoms with E-state index in [1.54, 1.807) is 0 Å². The van der Waals surface area contributed by atoms with Gasteiger partial charge < -0.3 is 14.7 Å². The second-order valence-electron chi connectivity index (χ2n) is 8.11. The van der Waals surface area contributed by atoms with Crippen LogP contribution < -0.4 is 4.90 Å². The molecule has 4 heteroatoms. The molecule has 2 saturated heterocycles. The molecule has 1 unspecified atom stereocenters. The Labute approximate surface area is 151 Å². The van der Waals surface area contributed by atoms with Gasteiger partial charge in [0.25, 0.3) is 0 Å². The molecular weight excluding hydrogens is 310 g/mol. The summed E-state index contributed by atoms with van der Waals surface area (Å²) in [4.78, 5) is 20.1. The second-order valence-corrected chi connectivity index (χ2v) is 8.11. The molecule has 0 bridgehead atoms. The van der Waals surface area contributed by atoms with Crippen molar-refractivity contribution in [1.82, 2.24) is 9.80 Å². The molecule has 1 aromatic rings. The maximum Gasteiger partial charge on any atom is 0.226 e. The maximum absolute atomic E-state index is 13.0. The highest BCUT2D eigenvalue weighted by Gasteiger charge is 2.59. The maximum atomic E-state index is 13.0. The fraction of sp³-hybridized carbons (Fsp3) is 0.667. The van der Waals surface area contributed by atoms with E-state index in [4.69, 9.17) is 0 Å². The van der Waals surface area contributed by atoms with E-state index in [1.807, 2.05) is 0 Å². The van der Waals surface area contributed by atoms with Crippen LogP contribution >= 0.6 is 0 Å². The van der Waals surface area contributed by atoms with E-state index in [0.717, 1.165) is 32.6 Å². The molecule has 136 valence electrons. The van der Waals surface area contributed by atoms with Gasteiger partial charge in [0.05, 0.1) is 0 Å². The first-order valence-corrected chi connectivity index (χ1v) is 10.0. The fourth-order valence-corrected chi connectivity index (χ4v) is 4.83. The zero-order valence-corrected chi connectivity index (χ0v) is 15.5. The van der Waals surface area contributed by atoms with Crippen molar-refractivity contribution in [3.8, 4) is 0 Å². The standard InChI is InChI=1S/C21H31N3O/c1-2-10-22-11-8-21(9-12-22)17-19(21)20(25)24-15-13-23(14-16-24)18-6-4-3-5-7-18/h3-7,19H,2,8-17H2,1H3. The van der Waals surface area contributed by atoms with Crippen molar-refractivity contribution in [1.29, 1.82) is 0 Å². The molecule has 1 spiro atoms. The topological polar surface area (TPSA) is 26.8 Å². The molecule has 4 rings (SSSR count).